The van der Waals surface area contributed by atoms with E-state index in [1.165, 1.54) is 15.5 Å². The van der Waals surface area contributed by atoms with Gasteiger partial charge in [0.15, 0.2) is 5.82 Å². The minimum atomic E-state index is -1.50. The fourth-order valence-corrected chi connectivity index (χ4v) is 9.86. The van der Waals surface area contributed by atoms with Crippen LogP contribution in [0.3, 0.4) is 0 Å². The standard InChI is InChI=1S/C46H46N6O10/c1-5-28-30-16-26(53)9-12-35(30)47-40-32(28)20-51-36(40)18-34-33(42(51)56)22-62-43(57)46(34,6-2)39-15-24(13-14-50(39)45(59)60)21-61-27-10-7-25(8-11-27)52-41(48-49-44(52)58)31-17-29(23(3)4)37(54)19-38(31)55/h7-12,16-19,23-24,39,53-55H,5-6,13-15,20-22H2,1-4H3,(H,49,58)(H,59,60). The molecule has 16 nitrogen and oxygen atoms in total. The number of carbonyl (C=O) groups is 2. The van der Waals surface area contributed by atoms with E-state index in [1.54, 1.807) is 53.1 Å². The van der Waals surface area contributed by atoms with E-state index in [0.29, 0.717) is 57.9 Å². The zero-order valence-corrected chi connectivity index (χ0v) is 34.6. The molecule has 320 valence electrons. The van der Waals surface area contributed by atoms with Crippen LogP contribution in [-0.2, 0) is 34.5 Å². The molecule has 62 heavy (non-hydrogen) atoms. The average molecular weight is 843 g/mol. The molecule has 1 amide bonds. The number of aromatic hydroxyl groups is 4. The molecule has 0 radical (unpaired) electrons. The molecular formula is C46H46N6O10. The van der Waals surface area contributed by atoms with Gasteiger partial charge in [-0.2, -0.15) is 0 Å². The highest BCUT2D eigenvalue weighted by Gasteiger charge is 2.56. The number of phenols is 3. The number of carbonyl (C=O) groups excluding carboxylic acids is 1. The van der Waals surface area contributed by atoms with Gasteiger partial charge in [-0.25, -0.2) is 14.3 Å². The van der Waals surface area contributed by atoms with Gasteiger partial charge in [0.25, 0.3) is 5.56 Å². The number of hydrogen-bond acceptors (Lipinski definition) is 12. The molecule has 3 unspecified atom stereocenters. The second-order valence-electron chi connectivity index (χ2n) is 16.6. The smallest absolute Gasteiger partial charge is 0.407 e. The number of amides is 1. The van der Waals surface area contributed by atoms with Crippen molar-refractivity contribution in [3.8, 4) is 57.5 Å². The van der Waals surface area contributed by atoms with Crippen LogP contribution in [0.5, 0.6) is 29.0 Å². The molecule has 3 atom stereocenters. The monoisotopic (exact) mass is 842 g/mol. The van der Waals surface area contributed by atoms with Gasteiger partial charge in [0, 0.05) is 23.6 Å². The minimum absolute atomic E-state index is 0.0583. The van der Waals surface area contributed by atoms with Gasteiger partial charge >= 0.3 is 18.1 Å². The predicted molar refractivity (Wildman–Crippen MR) is 226 cm³/mol. The van der Waals surface area contributed by atoms with E-state index in [0.717, 1.165) is 16.5 Å². The maximum atomic E-state index is 14.4. The van der Waals surface area contributed by atoms with E-state index in [1.807, 2.05) is 33.8 Å². The molecule has 16 heteroatoms. The fraction of sp³-hybridized carbons (Fsp3) is 0.348. The van der Waals surface area contributed by atoms with E-state index in [2.05, 4.69) is 10.2 Å². The lowest BCUT2D eigenvalue weighted by atomic mass is 9.65. The van der Waals surface area contributed by atoms with Crippen LogP contribution >= 0.6 is 0 Å². The summed E-state index contributed by atoms with van der Waals surface area (Å²) in [4.78, 5) is 48.0. The van der Waals surface area contributed by atoms with Crippen LogP contribution in [0.25, 0.3) is 39.4 Å². The molecule has 1 fully saturated rings. The first-order valence-electron chi connectivity index (χ1n) is 20.8. The number of carboxylic acid groups (broad SMARTS) is 1. The Morgan fingerprint density at radius 3 is 2.45 bits per heavy atom. The Balaban J connectivity index is 1.02. The van der Waals surface area contributed by atoms with E-state index in [4.69, 9.17) is 14.5 Å². The molecule has 3 aromatic carbocycles. The number of cyclic esters (lactones) is 1. The summed E-state index contributed by atoms with van der Waals surface area (Å²) in [6.07, 6.45) is 0.334. The number of benzene rings is 3. The van der Waals surface area contributed by atoms with Gasteiger partial charge in [-0.05, 0) is 109 Å². The van der Waals surface area contributed by atoms with Gasteiger partial charge in [-0.15, -0.1) is 5.10 Å². The minimum Gasteiger partial charge on any atom is -0.508 e. The van der Waals surface area contributed by atoms with Gasteiger partial charge in [0.05, 0.1) is 52.9 Å². The van der Waals surface area contributed by atoms with Crippen LogP contribution in [-0.4, -0.2) is 86.0 Å². The number of piperidine rings is 1. The molecule has 1 saturated heterocycles. The number of nitrogens with zero attached hydrogens (tertiary/aromatic N) is 6. The summed E-state index contributed by atoms with van der Waals surface area (Å²) in [5.74, 6) is -0.356. The highest BCUT2D eigenvalue weighted by Crippen LogP contribution is 2.47. The molecule has 0 bridgehead atoms. The SMILES string of the molecule is CCc1c2c(nc3ccc(O)cc13)-c1cc3c(c(=O)n1C2)COC(=O)C3(CC)C1CC(COc2ccc(-n3c(O)nnc3-c3cc(C(C)C)c(O)cc3O)cc2)CCN1C(=O)O. The lowest BCUT2D eigenvalue weighted by molar-refractivity contribution is -0.159. The van der Waals surface area contributed by atoms with Crippen molar-refractivity contribution in [2.75, 3.05) is 13.2 Å². The third-order valence-corrected chi connectivity index (χ3v) is 13.0. The van der Waals surface area contributed by atoms with Gasteiger partial charge in [-0.1, -0.05) is 32.8 Å². The van der Waals surface area contributed by atoms with Crippen LogP contribution in [0.15, 0.2) is 65.5 Å². The largest absolute Gasteiger partial charge is 0.508 e. The zero-order chi connectivity index (χ0) is 43.8. The number of rotatable bonds is 9. The summed E-state index contributed by atoms with van der Waals surface area (Å²) in [7, 11) is 0. The summed E-state index contributed by atoms with van der Waals surface area (Å²) < 4.78 is 15.1. The van der Waals surface area contributed by atoms with Crippen molar-refractivity contribution in [2.45, 2.75) is 83.9 Å². The molecule has 0 saturated carbocycles. The number of pyridine rings is 2. The molecule has 3 aromatic heterocycles. The Labute approximate surface area is 355 Å². The number of ether oxygens (including phenoxy) is 2. The van der Waals surface area contributed by atoms with Crippen LogP contribution in [0.4, 0.5) is 4.79 Å². The van der Waals surface area contributed by atoms with E-state index < -0.39 is 29.5 Å². The van der Waals surface area contributed by atoms with Crippen molar-refractivity contribution in [1.82, 2.24) is 29.2 Å². The number of aromatic nitrogens is 5. The Morgan fingerprint density at radius 2 is 1.74 bits per heavy atom. The molecule has 3 aliphatic rings. The number of phenolic OH excluding ortho intramolecular Hbond substituents is 3. The Morgan fingerprint density at radius 1 is 0.968 bits per heavy atom. The number of likely N-dealkylation sites (tertiary alicyclic amines) is 1. The van der Waals surface area contributed by atoms with E-state index in [-0.39, 0.29) is 85.2 Å². The molecule has 6 heterocycles. The summed E-state index contributed by atoms with van der Waals surface area (Å²) in [5.41, 5.74) is 3.95. The Bertz CT molecular complexity index is 2870. The molecule has 6 aromatic rings. The number of esters is 1. The quantitative estimate of drug-likeness (QED) is 0.0954. The second-order valence-corrected chi connectivity index (χ2v) is 16.6. The van der Waals surface area contributed by atoms with Crippen LogP contribution in [0.1, 0.15) is 80.7 Å². The van der Waals surface area contributed by atoms with E-state index >= 15 is 0 Å². The van der Waals surface area contributed by atoms with Gasteiger partial charge in [0.2, 0.25) is 0 Å². The number of hydrogen-bond donors (Lipinski definition) is 5. The Hall–Kier alpha value is -7.10. The first-order chi connectivity index (χ1) is 29.7. The maximum absolute atomic E-state index is 14.4. The Kier molecular flexibility index (Phi) is 9.83. The van der Waals surface area contributed by atoms with E-state index in [9.17, 15) is 39.9 Å². The summed E-state index contributed by atoms with van der Waals surface area (Å²) in [6.45, 7) is 7.98. The lowest BCUT2D eigenvalue weighted by Gasteiger charge is -2.49. The van der Waals surface area contributed by atoms with Gasteiger partial charge in [-0.3, -0.25) is 9.59 Å². The molecule has 0 aliphatic carbocycles. The van der Waals surface area contributed by atoms with Crippen molar-refractivity contribution in [3.63, 3.8) is 0 Å². The zero-order valence-electron chi connectivity index (χ0n) is 34.6. The highest BCUT2D eigenvalue weighted by atomic mass is 16.5. The summed E-state index contributed by atoms with van der Waals surface area (Å²) in [5, 5.41) is 61.4. The van der Waals surface area contributed by atoms with Crippen molar-refractivity contribution in [1.29, 1.82) is 0 Å². The molecule has 0 spiro atoms. The third kappa shape index (κ3) is 6.26. The first kappa shape index (κ1) is 40.3. The normalized spacial score (nSPS) is 19.3. The summed E-state index contributed by atoms with van der Waals surface area (Å²) in [6, 6.07) is 15.2. The molecule has 3 aliphatic heterocycles. The molecule has 5 N–H and O–H groups in total. The van der Waals surface area contributed by atoms with Gasteiger partial charge < -0.3 is 44.5 Å². The lowest BCUT2D eigenvalue weighted by Crippen LogP contribution is -2.62. The van der Waals surface area contributed by atoms with Crippen LogP contribution < -0.4 is 10.3 Å². The number of aryl methyl sites for hydroxylation is 1. The molecular weight excluding hydrogens is 797 g/mol. The summed E-state index contributed by atoms with van der Waals surface area (Å²) >= 11 is 0. The van der Waals surface area contributed by atoms with Crippen molar-refractivity contribution >= 4 is 23.0 Å². The average Bonchev–Trinajstić information content (AvgIpc) is 3.82. The van der Waals surface area contributed by atoms with Crippen molar-refractivity contribution in [3.05, 3.63) is 98.8 Å². The van der Waals surface area contributed by atoms with Crippen LogP contribution in [0, 0.1) is 5.92 Å². The third-order valence-electron chi connectivity index (χ3n) is 13.0. The van der Waals surface area contributed by atoms with Crippen LogP contribution in [0.2, 0.25) is 0 Å². The number of fused-ring (bicyclic) bond motifs is 5. The second kappa shape index (κ2) is 15.1. The first-order valence-corrected chi connectivity index (χ1v) is 20.8. The van der Waals surface area contributed by atoms with Gasteiger partial charge in [0.1, 0.15) is 35.0 Å². The van der Waals surface area contributed by atoms with Crippen molar-refractivity contribution < 1.29 is 44.6 Å². The highest BCUT2D eigenvalue weighted by molar-refractivity contribution is 5.91. The topological polar surface area (TPSA) is 223 Å². The maximum Gasteiger partial charge on any atom is 0.407 e. The van der Waals surface area contributed by atoms with Crippen molar-refractivity contribution in [2.24, 2.45) is 5.92 Å². The predicted octanol–water partition coefficient (Wildman–Crippen LogP) is 6.72. The fourth-order valence-electron chi connectivity index (χ4n) is 9.86. The molecule has 9 rings (SSSR count).